The predicted molar refractivity (Wildman–Crippen MR) is 125 cm³/mol. The van der Waals surface area contributed by atoms with Crippen LogP contribution < -0.4 is 10.6 Å². The van der Waals surface area contributed by atoms with E-state index >= 15 is 0 Å². The molecular formula is C24H30N4O2S. The largest absolute Gasteiger partial charge is 0.356 e. The summed E-state index contributed by atoms with van der Waals surface area (Å²) >= 11 is 1.60. The molecule has 2 N–H and O–H groups in total. The second kappa shape index (κ2) is 9.64. The van der Waals surface area contributed by atoms with Gasteiger partial charge in [-0.2, -0.15) is 0 Å². The van der Waals surface area contributed by atoms with Crippen molar-refractivity contribution in [3.8, 4) is 0 Å². The van der Waals surface area contributed by atoms with Crippen molar-refractivity contribution in [2.24, 2.45) is 5.92 Å². The maximum absolute atomic E-state index is 13.2. The highest BCUT2D eigenvalue weighted by Crippen LogP contribution is 2.43. The van der Waals surface area contributed by atoms with E-state index in [0.717, 1.165) is 42.9 Å². The molecule has 0 radical (unpaired) electrons. The Balaban J connectivity index is 1.48. The summed E-state index contributed by atoms with van der Waals surface area (Å²) in [6.07, 6.45) is 7.99. The number of thiophene rings is 1. The Morgan fingerprint density at radius 2 is 1.94 bits per heavy atom. The summed E-state index contributed by atoms with van der Waals surface area (Å²) in [7, 11) is 0. The molecule has 4 rings (SSSR count). The number of benzene rings is 1. The van der Waals surface area contributed by atoms with E-state index < -0.39 is 0 Å². The second-order valence-corrected chi connectivity index (χ2v) is 9.47. The van der Waals surface area contributed by atoms with Gasteiger partial charge in [-0.25, -0.2) is 4.98 Å². The minimum absolute atomic E-state index is 0.0225. The molecule has 1 saturated carbocycles. The smallest absolute Gasteiger partial charge is 0.261 e. The van der Waals surface area contributed by atoms with Gasteiger partial charge >= 0.3 is 0 Å². The van der Waals surface area contributed by atoms with Gasteiger partial charge in [0.05, 0.1) is 4.88 Å². The number of hydrogen-bond donors (Lipinski definition) is 2. The van der Waals surface area contributed by atoms with Gasteiger partial charge in [0.15, 0.2) is 0 Å². The first-order valence-corrected chi connectivity index (χ1v) is 11.9. The van der Waals surface area contributed by atoms with Gasteiger partial charge in [-0.05, 0) is 61.5 Å². The number of carbonyl (C=O) groups excluding carboxylic acids is 2. The highest BCUT2D eigenvalue weighted by atomic mass is 32.1. The molecule has 3 aromatic rings. The predicted octanol–water partition coefficient (Wildman–Crippen LogP) is 4.25. The molecule has 0 spiro atoms. The van der Waals surface area contributed by atoms with E-state index in [-0.39, 0.29) is 11.8 Å². The topological polar surface area (TPSA) is 76.0 Å². The van der Waals surface area contributed by atoms with Crippen LogP contribution in [0.5, 0.6) is 0 Å². The van der Waals surface area contributed by atoms with Crippen molar-refractivity contribution < 1.29 is 9.59 Å². The van der Waals surface area contributed by atoms with E-state index in [9.17, 15) is 9.59 Å². The average molecular weight is 439 g/mol. The van der Waals surface area contributed by atoms with Gasteiger partial charge in [0.1, 0.15) is 5.82 Å². The molecule has 6 nitrogen and oxygen atoms in total. The number of imidazole rings is 1. The fourth-order valence-corrected chi connectivity index (χ4v) is 5.80. The summed E-state index contributed by atoms with van der Waals surface area (Å²) in [4.78, 5) is 29.5. The van der Waals surface area contributed by atoms with Crippen LogP contribution in [0.3, 0.4) is 0 Å². The third-order valence-electron chi connectivity index (χ3n) is 6.30. The van der Waals surface area contributed by atoms with Gasteiger partial charge < -0.3 is 15.2 Å². The maximum atomic E-state index is 13.2. The number of carbonyl (C=O) groups is 2. The van der Waals surface area contributed by atoms with Crippen LogP contribution >= 0.6 is 11.3 Å². The SMILES string of the molecule is CC(=O)NCC1CCC(c2c(C(=O)NCCn3ccnc3C)sc3ccccc23)CC1. The molecule has 0 saturated heterocycles. The minimum atomic E-state index is 0.0225. The van der Waals surface area contributed by atoms with Crippen molar-refractivity contribution in [2.75, 3.05) is 13.1 Å². The highest BCUT2D eigenvalue weighted by Gasteiger charge is 2.29. The third-order valence-corrected chi connectivity index (χ3v) is 7.48. The van der Waals surface area contributed by atoms with E-state index in [4.69, 9.17) is 0 Å². The summed E-state index contributed by atoms with van der Waals surface area (Å²) in [5.41, 5.74) is 1.22. The van der Waals surface area contributed by atoms with Crippen LogP contribution in [0.15, 0.2) is 36.7 Å². The molecule has 0 atom stereocenters. The minimum Gasteiger partial charge on any atom is -0.356 e. The third kappa shape index (κ3) is 4.98. The van der Waals surface area contributed by atoms with Crippen LogP contribution in [-0.2, 0) is 11.3 Å². The fraction of sp³-hybridized carbons (Fsp3) is 0.458. The molecule has 7 heteroatoms. The maximum Gasteiger partial charge on any atom is 0.261 e. The van der Waals surface area contributed by atoms with Crippen molar-refractivity contribution >= 4 is 33.2 Å². The first kappa shape index (κ1) is 21.6. The van der Waals surface area contributed by atoms with E-state index in [1.54, 1.807) is 24.5 Å². The summed E-state index contributed by atoms with van der Waals surface area (Å²) in [5, 5.41) is 7.29. The van der Waals surface area contributed by atoms with Crippen molar-refractivity contribution in [2.45, 2.75) is 52.0 Å². The van der Waals surface area contributed by atoms with Crippen LogP contribution in [-0.4, -0.2) is 34.5 Å². The number of nitrogens with one attached hydrogen (secondary N) is 2. The number of hydrogen-bond acceptors (Lipinski definition) is 4. The molecule has 0 aliphatic heterocycles. The molecule has 2 amide bonds. The first-order valence-electron chi connectivity index (χ1n) is 11.0. The molecule has 1 aliphatic rings. The Morgan fingerprint density at radius 3 is 2.65 bits per heavy atom. The second-order valence-electron chi connectivity index (χ2n) is 8.42. The lowest BCUT2D eigenvalue weighted by Gasteiger charge is -2.29. The zero-order valence-corrected chi connectivity index (χ0v) is 19.0. The van der Waals surface area contributed by atoms with Crippen LogP contribution in [0.1, 0.15) is 59.6 Å². The van der Waals surface area contributed by atoms with Gasteiger partial charge in [0.25, 0.3) is 5.91 Å². The molecule has 0 unspecified atom stereocenters. The van der Waals surface area contributed by atoms with Crippen LogP contribution in [0.2, 0.25) is 0 Å². The van der Waals surface area contributed by atoms with Crippen LogP contribution in [0.25, 0.3) is 10.1 Å². The summed E-state index contributed by atoms with van der Waals surface area (Å²) in [6.45, 7) is 5.59. The summed E-state index contributed by atoms with van der Waals surface area (Å²) in [6, 6.07) is 8.36. The van der Waals surface area contributed by atoms with Gasteiger partial charge in [0.2, 0.25) is 5.91 Å². The Hall–Kier alpha value is -2.67. The lowest BCUT2D eigenvalue weighted by Crippen LogP contribution is -2.30. The Kier molecular flexibility index (Phi) is 6.70. The number of amides is 2. The number of aromatic nitrogens is 2. The molecule has 164 valence electrons. The van der Waals surface area contributed by atoms with Crippen molar-refractivity contribution in [1.82, 2.24) is 20.2 Å². The van der Waals surface area contributed by atoms with Crippen LogP contribution in [0.4, 0.5) is 0 Å². The van der Waals surface area contributed by atoms with E-state index in [1.165, 1.54) is 15.6 Å². The first-order chi connectivity index (χ1) is 15.0. The molecule has 1 aromatic carbocycles. The Morgan fingerprint density at radius 1 is 1.16 bits per heavy atom. The molecule has 1 fully saturated rings. The molecule has 2 aromatic heterocycles. The lowest BCUT2D eigenvalue weighted by molar-refractivity contribution is -0.119. The van der Waals surface area contributed by atoms with Gasteiger partial charge in [-0.15, -0.1) is 11.3 Å². The Labute approximate surface area is 187 Å². The molecule has 0 bridgehead atoms. The van der Waals surface area contributed by atoms with Crippen LogP contribution in [0, 0.1) is 12.8 Å². The number of fused-ring (bicyclic) bond motifs is 1. The Bertz CT molecular complexity index is 1060. The van der Waals surface area contributed by atoms with E-state index in [0.29, 0.717) is 24.9 Å². The molecule has 2 heterocycles. The van der Waals surface area contributed by atoms with E-state index in [1.807, 2.05) is 23.8 Å². The van der Waals surface area contributed by atoms with Gasteiger partial charge in [-0.3, -0.25) is 9.59 Å². The lowest BCUT2D eigenvalue weighted by atomic mass is 9.77. The zero-order chi connectivity index (χ0) is 21.8. The van der Waals surface area contributed by atoms with Crippen molar-refractivity contribution in [3.05, 3.63) is 52.9 Å². The standard InChI is InChI=1S/C24H30N4O2S/c1-16-25-11-13-28(16)14-12-26-24(30)23-22(20-5-3-4-6-21(20)31-23)19-9-7-18(8-10-19)15-27-17(2)29/h3-6,11,13,18-19H,7-10,12,14-15H2,1-2H3,(H,26,30)(H,27,29). The molecule has 31 heavy (non-hydrogen) atoms. The fourth-order valence-electron chi connectivity index (χ4n) is 4.59. The molecular weight excluding hydrogens is 408 g/mol. The number of aryl methyl sites for hydroxylation is 1. The van der Waals surface area contributed by atoms with Gasteiger partial charge in [-0.1, -0.05) is 18.2 Å². The van der Waals surface area contributed by atoms with E-state index in [2.05, 4.69) is 33.8 Å². The quantitative estimate of drug-likeness (QED) is 0.579. The van der Waals surface area contributed by atoms with Gasteiger partial charge in [0, 0.05) is 43.7 Å². The average Bonchev–Trinajstić information content (AvgIpc) is 3.36. The normalized spacial score (nSPS) is 18.8. The zero-order valence-electron chi connectivity index (χ0n) is 18.2. The number of rotatable bonds is 7. The highest BCUT2D eigenvalue weighted by molar-refractivity contribution is 7.21. The summed E-state index contributed by atoms with van der Waals surface area (Å²) in [5.74, 6) is 1.93. The van der Waals surface area contributed by atoms with Crippen molar-refractivity contribution in [1.29, 1.82) is 0 Å². The molecule has 1 aliphatic carbocycles. The monoisotopic (exact) mass is 438 g/mol. The van der Waals surface area contributed by atoms with Crippen molar-refractivity contribution in [3.63, 3.8) is 0 Å². The number of nitrogens with zero attached hydrogens (tertiary/aromatic N) is 2. The summed E-state index contributed by atoms with van der Waals surface area (Å²) < 4.78 is 3.22.